The van der Waals surface area contributed by atoms with Crippen LogP contribution in [0.5, 0.6) is 0 Å². The second kappa shape index (κ2) is 7.66. The van der Waals surface area contributed by atoms with Gasteiger partial charge in [0.25, 0.3) is 5.91 Å². The Bertz CT molecular complexity index is 883. The van der Waals surface area contributed by atoms with Gasteiger partial charge in [0, 0.05) is 5.56 Å². The van der Waals surface area contributed by atoms with Crippen molar-refractivity contribution in [3.8, 4) is 11.1 Å². The van der Waals surface area contributed by atoms with E-state index in [0.29, 0.717) is 18.0 Å². The highest BCUT2D eigenvalue weighted by Crippen LogP contribution is 2.42. The van der Waals surface area contributed by atoms with Crippen molar-refractivity contribution in [3.05, 3.63) is 54.1 Å². The summed E-state index contributed by atoms with van der Waals surface area (Å²) in [6, 6.07) is 15.6. The summed E-state index contributed by atoms with van der Waals surface area (Å²) in [6.07, 6.45) is 0.0426. The van der Waals surface area contributed by atoms with Crippen molar-refractivity contribution in [3.63, 3.8) is 0 Å². The quantitative estimate of drug-likeness (QED) is 0.789. The van der Waals surface area contributed by atoms with Crippen LogP contribution in [0.3, 0.4) is 0 Å². The van der Waals surface area contributed by atoms with Crippen molar-refractivity contribution in [2.75, 3.05) is 5.01 Å². The molecule has 148 valence electrons. The molecular weight excluding hydrogens is 352 g/mol. The number of carbonyl (C=O) groups excluding carboxylic acids is 2. The number of carbonyl (C=O) groups is 2. The molecule has 1 unspecified atom stereocenters. The summed E-state index contributed by atoms with van der Waals surface area (Å²) in [5.41, 5.74) is 5.60. The van der Waals surface area contributed by atoms with E-state index in [1.165, 1.54) is 5.01 Å². The molecule has 0 aliphatic carbocycles. The molecule has 0 fully saturated rings. The van der Waals surface area contributed by atoms with Crippen LogP contribution in [0.2, 0.25) is 0 Å². The molecule has 1 atom stereocenters. The normalized spacial score (nSPS) is 16.3. The van der Waals surface area contributed by atoms with Gasteiger partial charge in [0.15, 0.2) is 0 Å². The maximum atomic E-state index is 13.6. The second-order valence-corrected chi connectivity index (χ2v) is 8.57. The number of nitrogens with one attached hydrogen (secondary N) is 1. The summed E-state index contributed by atoms with van der Waals surface area (Å²) in [6.45, 7) is 9.58. The molecule has 0 aromatic heterocycles. The Morgan fingerprint density at radius 3 is 2.32 bits per heavy atom. The van der Waals surface area contributed by atoms with E-state index in [1.807, 2.05) is 48.5 Å². The number of anilines is 1. The molecule has 0 bridgehead atoms. The molecule has 1 N–H and O–H groups in total. The number of amides is 2. The minimum atomic E-state index is -0.654. The fourth-order valence-corrected chi connectivity index (χ4v) is 3.56. The molecule has 0 spiro atoms. The lowest BCUT2D eigenvalue weighted by Crippen LogP contribution is -2.49. The van der Waals surface area contributed by atoms with Gasteiger partial charge in [-0.25, -0.2) is 15.2 Å². The van der Waals surface area contributed by atoms with Gasteiger partial charge in [0.05, 0.1) is 11.6 Å². The summed E-state index contributed by atoms with van der Waals surface area (Å²) in [5, 5.41) is 1.36. The van der Waals surface area contributed by atoms with Crippen molar-refractivity contribution >= 4 is 17.7 Å². The number of hydrazine groups is 1. The van der Waals surface area contributed by atoms with Crippen molar-refractivity contribution in [2.45, 2.75) is 52.6 Å². The molecule has 5 heteroatoms. The lowest BCUT2D eigenvalue weighted by atomic mass is 9.86. The Morgan fingerprint density at radius 2 is 1.68 bits per heavy atom. The van der Waals surface area contributed by atoms with Gasteiger partial charge in [-0.05, 0) is 50.3 Å². The van der Waals surface area contributed by atoms with Crippen molar-refractivity contribution in [1.82, 2.24) is 5.43 Å². The number of rotatable bonds is 3. The second-order valence-electron chi connectivity index (χ2n) is 8.57. The van der Waals surface area contributed by atoms with Crippen LogP contribution >= 0.6 is 0 Å². The number of hydrogen-bond donors (Lipinski definition) is 1. The average molecular weight is 380 g/mol. The molecule has 1 heterocycles. The van der Waals surface area contributed by atoms with E-state index in [9.17, 15) is 9.59 Å². The molecule has 3 rings (SSSR count). The van der Waals surface area contributed by atoms with E-state index in [2.05, 4.69) is 19.3 Å². The van der Waals surface area contributed by atoms with Crippen LogP contribution in [0.15, 0.2) is 48.5 Å². The van der Waals surface area contributed by atoms with Gasteiger partial charge in [0.2, 0.25) is 0 Å². The summed E-state index contributed by atoms with van der Waals surface area (Å²) >= 11 is 0. The van der Waals surface area contributed by atoms with E-state index in [-0.39, 0.29) is 11.8 Å². The SMILES string of the molecule is CC(C)CC1C(=O)N(NC(=O)OC(C)(C)C)c2ccccc2-c2ccccc21. The first-order chi connectivity index (χ1) is 13.2. The van der Waals surface area contributed by atoms with Gasteiger partial charge in [0.1, 0.15) is 5.60 Å². The summed E-state index contributed by atoms with van der Waals surface area (Å²) < 4.78 is 5.39. The van der Waals surface area contributed by atoms with Crippen molar-refractivity contribution < 1.29 is 14.3 Å². The molecule has 0 saturated heterocycles. The first-order valence-corrected chi connectivity index (χ1v) is 9.69. The smallest absolute Gasteiger partial charge is 0.427 e. The zero-order chi connectivity index (χ0) is 20.5. The molecule has 1 aliphatic rings. The number of nitrogens with zero attached hydrogens (tertiary/aromatic N) is 1. The lowest BCUT2D eigenvalue weighted by Gasteiger charge is -2.28. The fourth-order valence-electron chi connectivity index (χ4n) is 3.56. The predicted molar refractivity (Wildman–Crippen MR) is 111 cm³/mol. The average Bonchev–Trinajstić information content (AvgIpc) is 2.70. The maximum absolute atomic E-state index is 13.6. The van der Waals surface area contributed by atoms with E-state index in [4.69, 9.17) is 4.74 Å². The molecule has 2 aromatic rings. The predicted octanol–water partition coefficient (Wildman–Crippen LogP) is 5.27. The first kappa shape index (κ1) is 19.9. The van der Waals surface area contributed by atoms with Crippen LogP contribution in [-0.2, 0) is 9.53 Å². The summed E-state index contributed by atoms with van der Waals surface area (Å²) in [5.74, 6) is -0.179. The van der Waals surface area contributed by atoms with Crippen LogP contribution in [0.25, 0.3) is 11.1 Å². The highest BCUT2D eigenvalue weighted by atomic mass is 16.6. The Balaban J connectivity index is 2.10. The molecule has 28 heavy (non-hydrogen) atoms. The van der Waals surface area contributed by atoms with Gasteiger partial charge in [-0.2, -0.15) is 0 Å². The van der Waals surface area contributed by atoms with Gasteiger partial charge in [-0.1, -0.05) is 56.3 Å². The van der Waals surface area contributed by atoms with Crippen LogP contribution < -0.4 is 10.4 Å². The Morgan fingerprint density at radius 1 is 1.07 bits per heavy atom. The highest BCUT2D eigenvalue weighted by molar-refractivity contribution is 6.06. The highest BCUT2D eigenvalue weighted by Gasteiger charge is 2.35. The minimum Gasteiger partial charge on any atom is -0.443 e. The Kier molecular flexibility index (Phi) is 5.45. The van der Waals surface area contributed by atoms with Crippen LogP contribution in [0, 0.1) is 5.92 Å². The van der Waals surface area contributed by atoms with E-state index in [1.54, 1.807) is 20.8 Å². The van der Waals surface area contributed by atoms with E-state index >= 15 is 0 Å². The van der Waals surface area contributed by atoms with Gasteiger partial charge in [-0.3, -0.25) is 4.79 Å². The van der Waals surface area contributed by atoms with Crippen LogP contribution in [0.4, 0.5) is 10.5 Å². The van der Waals surface area contributed by atoms with Gasteiger partial charge < -0.3 is 4.74 Å². The molecule has 5 nitrogen and oxygen atoms in total. The summed E-state index contributed by atoms with van der Waals surface area (Å²) in [7, 11) is 0. The molecule has 0 radical (unpaired) electrons. The number of benzene rings is 2. The number of hydrogen-bond acceptors (Lipinski definition) is 3. The number of fused-ring (bicyclic) bond motifs is 3. The standard InChI is InChI=1S/C23H28N2O3/c1-15(2)14-19-17-11-7-6-10-16(17)18-12-8-9-13-20(18)25(21(19)26)24-22(27)28-23(3,4)5/h6-13,15,19H,14H2,1-5H3,(H,24,27). The third kappa shape index (κ3) is 4.19. The Labute approximate surface area is 166 Å². The zero-order valence-electron chi connectivity index (χ0n) is 17.2. The maximum Gasteiger partial charge on any atom is 0.427 e. The molecular formula is C23H28N2O3. The van der Waals surface area contributed by atoms with Crippen LogP contribution in [-0.4, -0.2) is 17.6 Å². The molecule has 2 amide bonds. The molecule has 1 aliphatic heterocycles. The van der Waals surface area contributed by atoms with E-state index < -0.39 is 11.7 Å². The minimum absolute atomic E-state index is 0.156. The Hall–Kier alpha value is -2.82. The molecule has 2 aromatic carbocycles. The zero-order valence-corrected chi connectivity index (χ0v) is 17.2. The van der Waals surface area contributed by atoms with Crippen LogP contribution in [0.1, 0.15) is 52.5 Å². The summed E-state index contributed by atoms with van der Waals surface area (Å²) in [4.78, 5) is 26.0. The molecule has 0 saturated carbocycles. The third-order valence-electron chi connectivity index (χ3n) is 4.60. The number of para-hydroxylation sites is 1. The third-order valence-corrected chi connectivity index (χ3v) is 4.60. The fraction of sp³-hybridized carbons (Fsp3) is 0.391. The van der Waals surface area contributed by atoms with Gasteiger partial charge in [-0.15, -0.1) is 0 Å². The van der Waals surface area contributed by atoms with Crippen molar-refractivity contribution in [1.29, 1.82) is 0 Å². The topological polar surface area (TPSA) is 58.6 Å². The lowest BCUT2D eigenvalue weighted by molar-refractivity contribution is -0.121. The van der Waals surface area contributed by atoms with E-state index in [0.717, 1.165) is 16.7 Å². The monoisotopic (exact) mass is 380 g/mol. The van der Waals surface area contributed by atoms with Gasteiger partial charge >= 0.3 is 6.09 Å². The number of ether oxygens (including phenoxy) is 1. The van der Waals surface area contributed by atoms with Crippen molar-refractivity contribution in [2.24, 2.45) is 5.92 Å². The first-order valence-electron chi connectivity index (χ1n) is 9.69. The largest absolute Gasteiger partial charge is 0.443 e.